The highest BCUT2D eigenvalue weighted by Crippen LogP contribution is 2.32. The number of ketones is 1. The van der Waals surface area contributed by atoms with E-state index in [0.29, 0.717) is 24.3 Å². The van der Waals surface area contributed by atoms with Crippen molar-refractivity contribution in [3.8, 4) is 0 Å². The number of carbonyl (C=O) groups is 1. The van der Waals surface area contributed by atoms with Gasteiger partial charge >= 0.3 is 6.18 Å². The van der Waals surface area contributed by atoms with Crippen molar-refractivity contribution in [3.63, 3.8) is 0 Å². The zero-order valence-electron chi connectivity index (χ0n) is 17.3. The first-order valence-corrected chi connectivity index (χ1v) is 10.5. The molecule has 8 heteroatoms. The normalized spacial score (nSPS) is 20.3. The second-order valence-corrected chi connectivity index (χ2v) is 8.41. The number of Topliss-reactive ketones (excluding diaryl/α,β-unsaturated/α-hetero) is 1. The van der Waals surface area contributed by atoms with Crippen LogP contribution in [0.3, 0.4) is 0 Å². The zero-order valence-corrected chi connectivity index (χ0v) is 17.3. The highest BCUT2D eigenvalue weighted by molar-refractivity contribution is 5.88. The molecule has 0 bridgehead atoms. The molecule has 1 aromatic carbocycles. The van der Waals surface area contributed by atoms with Crippen molar-refractivity contribution in [2.75, 3.05) is 6.54 Å². The molecule has 4 rings (SSSR count). The van der Waals surface area contributed by atoms with Crippen LogP contribution in [0.2, 0.25) is 0 Å². The molecular weight excluding hydrogens is 405 g/mol. The van der Waals surface area contributed by atoms with Crippen LogP contribution in [0.25, 0.3) is 5.65 Å². The van der Waals surface area contributed by atoms with Gasteiger partial charge in [0.05, 0.1) is 11.1 Å². The fourth-order valence-corrected chi connectivity index (χ4v) is 4.24. The second kappa shape index (κ2) is 8.42. The number of fused-ring (bicyclic) bond motifs is 1. The van der Waals surface area contributed by atoms with Gasteiger partial charge in [-0.25, -0.2) is 0 Å². The topological polar surface area (TPSA) is 59.3 Å². The Morgan fingerprint density at radius 1 is 1.19 bits per heavy atom. The molecule has 2 aromatic heterocycles. The Labute approximate surface area is 178 Å². The number of benzene rings is 1. The molecule has 2 atom stereocenters. The molecule has 1 aliphatic heterocycles. The SMILES string of the molecule is CC1(C(=O)C[C@H](CCc2ccccc2)c2nnc3ccc(C(F)(F)F)cn23)CCCN1. The number of hydrogen-bond donors (Lipinski definition) is 1. The Morgan fingerprint density at radius 2 is 1.97 bits per heavy atom. The number of pyridine rings is 1. The van der Waals surface area contributed by atoms with Crippen LogP contribution in [0, 0.1) is 0 Å². The monoisotopic (exact) mass is 430 g/mol. The second-order valence-electron chi connectivity index (χ2n) is 8.41. The number of carbonyl (C=O) groups excluding carboxylic acids is 1. The highest BCUT2D eigenvalue weighted by atomic mass is 19.4. The van der Waals surface area contributed by atoms with Gasteiger partial charge in [0.2, 0.25) is 0 Å². The third-order valence-corrected chi connectivity index (χ3v) is 6.16. The number of alkyl halides is 3. The molecule has 1 unspecified atom stereocenters. The van der Waals surface area contributed by atoms with Crippen molar-refractivity contribution in [2.45, 2.75) is 56.7 Å². The van der Waals surface area contributed by atoms with Crippen LogP contribution in [0.15, 0.2) is 48.7 Å². The van der Waals surface area contributed by atoms with Gasteiger partial charge in [-0.2, -0.15) is 13.2 Å². The third-order valence-electron chi connectivity index (χ3n) is 6.16. The van der Waals surface area contributed by atoms with Gasteiger partial charge in [0.1, 0.15) is 5.82 Å². The first-order valence-electron chi connectivity index (χ1n) is 10.5. The molecule has 0 amide bonds. The molecular formula is C23H25F3N4O. The lowest BCUT2D eigenvalue weighted by Gasteiger charge is -2.25. The van der Waals surface area contributed by atoms with Gasteiger partial charge in [-0.3, -0.25) is 9.20 Å². The Kier molecular flexibility index (Phi) is 5.83. The van der Waals surface area contributed by atoms with Crippen LogP contribution < -0.4 is 5.32 Å². The van der Waals surface area contributed by atoms with Crippen molar-refractivity contribution < 1.29 is 18.0 Å². The number of nitrogens with one attached hydrogen (secondary N) is 1. The molecule has 0 saturated carbocycles. The first-order chi connectivity index (χ1) is 14.8. The summed E-state index contributed by atoms with van der Waals surface area (Å²) in [4.78, 5) is 13.1. The van der Waals surface area contributed by atoms with Crippen molar-refractivity contribution in [3.05, 3.63) is 65.6 Å². The van der Waals surface area contributed by atoms with Crippen molar-refractivity contribution in [2.24, 2.45) is 0 Å². The predicted octanol–water partition coefficient (Wildman–Crippen LogP) is 4.57. The molecule has 1 aliphatic rings. The van der Waals surface area contributed by atoms with Gasteiger partial charge in [-0.1, -0.05) is 30.3 Å². The van der Waals surface area contributed by atoms with E-state index in [9.17, 15) is 18.0 Å². The van der Waals surface area contributed by atoms with Crippen LogP contribution in [-0.4, -0.2) is 32.5 Å². The molecule has 1 fully saturated rings. The maximum atomic E-state index is 13.3. The summed E-state index contributed by atoms with van der Waals surface area (Å²) in [6.45, 7) is 2.69. The van der Waals surface area contributed by atoms with E-state index in [-0.39, 0.29) is 18.1 Å². The van der Waals surface area contributed by atoms with Crippen LogP contribution in [0.5, 0.6) is 0 Å². The summed E-state index contributed by atoms with van der Waals surface area (Å²) in [6.07, 6.45) is -0.269. The zero-order chi connectivity index (χ0) is 22.1. The fraction of sp³-hybridized carbons (Fsp3) is 0.435. The van der Waals surface area contributed by atoms with E-state index in [0.717, 1.165) is 37.2 Å². The van der Waals surface area contributed by atoms with Crippen molar-refractivity contribution >= 4 is 11.4 Å². The van der Waals surface area contributed by atoms with E-state index in [1.54, 1.807) is 0 Å². The van der Waals surface area contributed by atoms with E-state index >= 15 is 0 Å². The van der Waals surface area contributed by atoms with Crippen LogP contribution in [0.4, 0.5) is 13.2 Å². The summed E-state index contributed by atoms with van der Waals surface area (Å²) in [5, 5.41) is 11.5. The van der Waals surface area contributed by atoms with Gasteiger partial charge in [-0.05, 0) is 56.8 Å². The van der Waals surface area contributed by atoms with E-state index in [2.05, 4.69) is 15.5 Å². The predicted molar refractivity (Wildman–Crippen MR) is 111 cm³/mol. The number of nitrogens with zero attached hydrogens (tertiary/aromatic N) is 3. The number of halogens is 3. The molecule has 3 heterocycles. The lowest BCUT2D eigenvalue weighted by atomic mass is 9.85. The fourth-order valence-electron chi connectivity index (χ4n) is 4.24. The minimum Gasteiger partial charge on any atom is -0.305 e. The van der Waals surface area contributed by atoms with Crippen LogP contribution in [0.1, 0.15) is 55.5 Å². The summed E-state index contributed by atoms with van der Waals surface area (Å²) in [5.74, 6) is 0.115. The van der Waals surface area contributed by atoms with E-state index in [1.807, 2.05) is 37.3 Å². The Balaban J connectivity index is 1.66. The molecule has 3 aromatic rings. The van der Waals surface area contributed by atoms with Gasteiger partial charge in [-0.15, -0.1) is 10.2 Å². The maximum absolute atomic E-state index is 13.3. The van der Waals surface area contributed by atoms with Gasteiger partial charge in [0.15, 0.2) is 11.4 Å². The molecule has 1 N–H and O–H groups in total. The van der Waals surface area contributed by atoms with E-state index in [1.165, 1.54) is 10.5 Å². The molecule has 0 radical (unpaired) electrons. The summed E-state index contributed by atoms with van der Waals surface area (Å²) in [7, 11) is 0. The lowest BCUT2D eigenvalue weighted by Crippen LogP contribution is -2.45. The van der Waals surface area contributed by atoms with Crippen LogP contribution in [-0.2, 0) is 17.4 Å². The molecule has 164 valence electrons. The van der Waals surface area contributed by atoms with E-state index in [4.69, 9.17) is 0 Å². The van der Waals surface area contributed by atoms with Gasteiger partial charge < -0.3 is 5.32 Å². The quantitative estimate of drug-likeness (QED) is 0.597. The Morgan fingerprint density at radius 3 is 2.65 bits per heavy atom. The summed E-state index contributed by atoms with van der Waals surface area (Å²) in [6, 6.07) is 12.1. The van der Waals surface area contributed by atoms with Crippen LogP contribution >= 0.6 is 0 Å². The standard InChI is InChI=1S/C23H25F3N4O/c1-22(12-5-13-27-22)19(31)14-17(9-8-16-6-3-2-4-7-16)21-29-28-20-11-10-18(15-30(20)21)23(24,25)26/h2-4,6-7,10-11,15,17,27H,5,8-9,12-14H2,1H3/t17-,22?/m0/s1. The average molecular weight is 430 g/mol. The summed E-state index contributed by atoms with van der Waals surface area (Å²) >= 11 is 0. The Bertz CT molecular complexity index is 1060. The summed E-state index contributed by atoms with van der Waals surface area (Å²) in [5.41, 5.74) is 0.0849. The van der Waals surface area contributed by atoms with Gasteiger partial charge in [0.25, 0.3) is 0 Å². The molecule has 31 heavy (non-hydrogen) atoms. The highest BCUT2D eigenvalue weighted by Gasteiger charge is 2.38. The maximum Gasteiger partial charge on any atom is 0.417 e. The minimum atomic E-state index is -4.47. The average Bonchev–Trinajstić information content (AvgIpc) is 3.38. The van der Waals surface area contributed by atoms with E-state index < -0.39 is 17.3 Å². The van der Waals surface area contributed by atoms with Crippen molar-refractivity contribution in [1.82, 2.24) is 19.9 Å². The van der Waals surface area contributed by atoms with Gasteiger partial charge in [0, 0.05) is 18.5 Å². The minimum absolute atomic E-state index is 0.0618. The lowest BCUT2D eigenvalue weighted by molar-refractivity contribution is -0.137. The molecule has 0 spiro atoms. The number of aromatic nitrogens is 3. The molecule has 5 nitrogen and oxygen atoms in total. The molecule has 0 aliphatic carbocycles. The van der Waals surface area contributed by atoms with Crippen molar-refractivity contribution in [1.29, 1.82) is 0 Å². The summed E-state index contributed by atoms with van der Waals surface area (Å²) < 4.78 is 41.2. The number of rotatable bonds is 7. The Hall–Kier alpha value is -2.74. The first kappa shape index (κ1) is 21.5. The number of hydrogen-bond acceptors (Lipinski definition) is 4. The smallest absolute Gasteiger partial charge is 0.305 e. The third kappa shape index (κ3) is 4.63. The number of aryl methyl sites for hydroxylation is 1. The molecule has 1 saturated heterocycles. The largest absolute Gasteiger partial charge is 0.417 e.